The van der Waals surface area contributed by atoms with E-state index in [0.29, 0.717) is 0 Å². The van der Waals surface area contributed by atoms with Gasteiger partial charge in [-0.25, -0.2) is 0 Å². The molecule has 1 aliphatic heterocycles. The van der Waals surface area contributed by atoms with E-state index >= 15 is 0 Å². The SMILES string of the molecule is c1cc2nncn2cc1CN1CCNCC1. The predicted octanol–water partition coefficient (Wildman–Crippen LogP) is 0.134. The predicted molar refractivity (Wildman–Crippen MR) is 61.1 cm³/mol. The number of piperazine rings is 1. The molecule has 1 N–H and O–H groups in total. The average Bonchev–Trinajstić information content (AvgIpc) is 2.77. The molecule has 5 nitrogen and oxygen atoms in total. The van der Waals surface area contributed by atoms with Gasteiger partial charge in [0.2, 0.25) is 0 Å². The first-order chi connectivity index (χ1) is 7.92. The van der Waals surface area contributed by atoms with Crippen molar-refractivity contribution in [3.05, 3.63) is 30.2 Å². The minimum absolute atomic E-state index is 0.907. The van der Waals surface area contributed by atoms with Crippen LogP contribution in [0.5, 0.6) is 0 Å². The summed E-state index contributed by atoms with van der Waals surface area (Å²) in [4.78, 5) is 2.46. The van der Waals surface area contributed by atoms with Crippen LogP contribution in [0.25, 0.3) is 5.65 Å². The Kier molecular flexibility index (Phi) is 2.55. The van der Waals surface area contributed by atoms with Gasteiger partial charge in [-0.2, -0.15) is 0 Å². The summed E-state index contributed by atoms with van der Waals surface area (Å²) in [6.45, 7) is 5.44. The summed E-state index contributed by atoms with van der Waals surface area (Å²) in [6, 6.07) is 4.15. The van der Waals surface area contributed by atoms with Crippen LogP contribution in [0.15, 0.2) is 24.7 Å². The maximum absolute atomic E-state index is 4.00. The first-order valence-corrected chi connectivity index (χ1v) is 5.63. The van der Waals surface area contributed by atoms with Crippen molar-refractivity contribution >= 4 is 5.65 Å². The third kappa shape index (κ3) is 1.91. The van der Waals surface area contributed by atoms with Crippen LogP contribution in [0.3, 0.4) is 0 Å². The van der Waals surface area contributed by atoms with E-state index in [9.17, 15) is 0 Å². The van der Waals surface area contributed by atoms with Gasteiger partial charge in [0.25, 0.3) is 0 Å². The van der Waals surface area contributed by atoms with Gasteiger partial charge >= 0.3 is 0 Å². The number of hydrogen-bond acceptors (Lipinski definition) is 4. The molecular formula is C11H15N5. The van der Waals surface area contributed by atoms with Crippen molar-refractivity contribution in [2.24, 2.45) is 0 Å². The molecular weight excluding hydrogens is 202 g/mol. The Morgan fingerprint density at radius 3 is 3.00 bits per heavy atom. The zero-order valence-electron chi connectivity index (χ0n) is 9.13. The molecule has 1 saturated heterocycles. The molecule has 84 valence electrons. The van der Waals surface area contributed by atoms with Crippen molar-refractivity contribution in [2.45, 2.75) is 6.54 Å². The van der Waals surface area contributed by atoms with Crippen molar-refractivity contribution in [1.82, 2.24) is 24.8 Å². The zero-order chi connectivity index (χ0) is 10.8. The maximum atomic E-state index is 4.00. The van der Waals surface area contributed by atoms with Crippen molar-refractivity contribution in [1.29, 1.82) is 0 Å². The topological polar surface area (TPSA) is 45.5 Å². The summed E-state index contributed by atoms with van der Waals surface area (Å²) < 4.78 is 1.97. The van der Waals surface area contributed by atoms with Crippen LogP contribution in [0.4, 0.5) is 0 Å². The van der Waals surface area contributed by atoms with E-state index < -0.39 is 0 Å². The van der Waals surface area contributed by atoms with E-state index in [1.54, 1.807) is 6.33 Å². The summed E-state index contributed by atoms with van der Waals surface area (Å²) in [5.74, 6) is 0. The van der Waals surface area contributed by atoms with Crippen LogP contribution in [0.1, 0.15) is 5.56 Å². The van der Waals surface area contributed by atoms with Crippen LogP contribution >= 0.6 is 0 Å². The number of rotatable bonds is 2. The monoisotopic (exact) mass is 217 g/mol. The average molecular weight is 217 g/mol. The highest BCUT2D eigenvalue weighted by Crippen LogP contribution is 2.07. The summed E-state index contributed by atoms with van der Waals surface area (Å²) in [6.07, 6.45) is 3.86. The lowest BCUT2D eigenvalue weighted by Gasteiger charge is -2.27. The van der Waals surface area contributed by atoms with Gasteiger partial charge in [-0.3, -0.25) is 9.30 Å². The second-order valence-electron chi connectivity index (χ2n) is 4.16. The molecule has 0 aromatic carbocycles. The van der Waals surface area contributed by atoms with Gasteiger partial charge in [-0.15, -0.1) is 10.2 Å². The molecule has 0 amide bonds. The van der Waals surface area contributed by atoms with E-state index in [1.807, 2.05) is 10.5 Å². The third-order valence-corrected chi connectivity index (χ3v) is 2.97. The Morgan fingerprint density at radius 2 is 2.12 bits per heavy atom. The molecule has 16 heavy (non-hydrogen) atoms. The van der Waals surface area contributed by atoms with E-state index in [0.717, 1.165) is 38.4 Å². The van der Waals surface area contributed by atoms with Crippen molar-refractivity contribution in [3.63, 3.8) is 0 Å². The molecule has 1 aliphatic rings. The number of aromatic nitrogens is 3. The third-order valence-electron chi connectivity index (χ3n) is 2.97. The van der Waals surface area contributed by atoms with Crippen LogP contribution in [0, 0.1) is 0 Å². The van der Waals surface area contributed by atoms with Gasteiger partial charge in [-0.05, 0) is 11.6 Å². The smallest absolute Gasteiger partial charge is 0.160 e. The van der Waals surface area contributed by atoms with Gasteiger partial charge in [0.1, 0.15) is 6.33 Å². The largest absolute Gasteiger partial charge is 0.314 e. The second-order valence-corrected chi connectivity index (χ2v) is 4.16. The normalized spacial score (nSPS) is 18.0. The first kappa shape index (κ1) is 9.74. The molecule has 3 heterocycles. The van der Waals surface area contributed by atoms with Crippen molar-refractivity contribution in [2.75, 3.05) is 26.2 Å². The number of nitrogens with zero attached hydrogens (tertiary/aromatic N) is 4. The fraction of sp³-hybridized carbons (Fsp3) is 0.455. The fourth-order valence-electron chi connectivity index (χ4n) is 2.09. The molecule has 0 aliphatic carbocycles. The number of nitrogens with one attached hydrogen (secondary N) is 1. The van der Waals surface area contributed by atoms with Crippen molar-refractivity contribution in [3.8, 4) is 0 Å². The first-order valence-electron chi connectivity index (χ1n) is 5.63. The lowest BCUT2D eigenvalue weighted by Crippen LogP contribution is -2.42. The molecule has 2 aromatic heterocycles. The number of fused-ring (bicyclic) bond motifs is 1. The maximum Gasteiger partial charge on any atom is 0.160 e. The van der Waals surface area contributed by atoms with Crippen LogP contribution in [-0.4, -0.2) is 45.7 Å². The van der Waals surface area contributed by atoms with E-state index in [1.165, 1.54) is 5.56 Å². The molecule has 3 rings (SSSR count). The van der Waals surface area contributed by atoms with Gasteiger partial charge < -0.3 is 5.32 Å². The number of pyridine rings is 1. The Morgan fingerprint density at radius 1 is 1.25 bits per heavy atom. The molecule has 0 radical (unpaired) electrons. The van der Waals surface area contributed by atoms with Gasteiger partial charge in [-0.1, -0.05) is 6.07 Å². The molecule has 0 saturated carbocycles. The highest BCUT2D eigenvalue weighted by Gasteiger charge is 2.09. The molecule has 1 fully saturated rings. The van der Waals surface area contributed by atoms with Crippen molar-refractivity contribution < 1.29 is 0 Å². The zero-order valence-corrected chi connectivity index (χ0v) is 9.13. The molecule has 0 unspecified atom stereocenters. The molecule has 5 heteroatoms. The van der Waals surface area contributed by atoms with E-state index in [-0.39, 0.29) is 0 Å². The lowest BCUT2D eigenvalue weighted by molar-refractivity contribution is 0.233. The Labute approximate surface area is 94.1 Å². The van der Waals surface area contributed by atoms with Crippen LogP contribution in [-0.2, 0) is 6.54 Å². The van der Waals surface area contributed by atoms with Gasteiger partial charge in [0, 0.05) is 38.9 Å². The number of hydrogen-bond donors (Lipinski definition) is 1. The lowest BCUT2D eigenvalue weighted by atomic mass is 10.2. The molecule has 0 spiro atoms. The summed E-state index contributed by atoms with van der Waals surface area (Å²) in [5.41, 5.74) is 2.22. The fourth-order valence-corrected chi connectivity index (χ4v) is 2.09. The minimum atomic E-state index is 0.907. The Balaban J connectivity index is 1.77. The highest BCUT2D eigenvalue weighted by molar-refractivity contribution is 5.37. The van der Waals surface area contributed by atoms with Crippen LogP contribution < -0.4 is 5.32 Å². The minimum Gasteiger partial charge on any atom is -0.314 e. The van der Waals surface area contributed by atoms with Crippen LogP contribution in [0.2, 0.25) is 0 Å². The Bertz CT molecular complexity index is 472. The Hall–Kier alpha value is -1.46. The van der Waals surface area contributed by atoms with E-state index in [2.05, 4.69) is 32.7 Å². The van der Waals surface area contributed by atoms with Gasteiger partial charge in [0.05, 0.1) is 0 Å². The summed E-state index contributed by atoms with van der Waals surface area (Å²) in [5, 5.41) is 11.2. The van der Waals surface area contributed by atoms with E-state index in [4.69, 9.17) is 0 Å². The molecule has 2 aromatic rings. The quantitative estimate of drug-likeness (QED) is 0.777. The summed E-state index contributed by atoms with van der Waals surface area (Å²) in [7, 11) is 0. The summed E-state index contributed by atoms with van der Waals surface area (Å²) >= 11 is 0. The second kappa shape index (κ2) is 4.19. The van der Waals surface area contributed by atoms with Gasteiger partial charge in [0.15, 0.2) is 5.65 Å². The molecule has 0 bridgehead atoms. The molecule has 0 atom stereocenters. The highest BCUT2D eigenvalue weighted by atomic mass is 15.2. The standard InChI is InChI=1S/C11H15N5/c1-2-11-14-13-9-16(11)8-10(1)7-15-5-3-12-4-6-15/h1-2,8-9,12H,3-7H2.